The Bertz CT molecular complexity index is 1840. The summed E-state index contributed by atoms with van der Waals surface area (Å²) in [5, 5.41) is 3.90. The second-order valence-electron chi connectivity index (χ2n) is 9.36. The molecule has 39 heavy (non-hydrogen) atoms. The van der Waals surface area contributed by atoms with Crippen molar-refractivity contribution in [2.45, 2.75) is 33.7 Å². The van der Waals surface area contributed by atoms with Crippen LogP contribution in [0.25, 0.3) is 33.7 Å². The maximum atomic E-state index is 11.7. The number of aromatic amines is 1. The molecule has 0 spiro atoms. The van der Waals surface area contributed by atoms with Crippen molar-refractivity contribution in [1.29, 1.82) is 0 Å². The molecular formula is C30H26N6O3. The fraction of sp³-hybridized carbons (Fsp3) is 0.167. The fourth-order valence-corrected chi connectivity index (χ4v) is 4.78. The fourth-order valence-electron chi connectivity index (χ4n) is 4.78. The first kappa shape index (κ1) is 24.3. The number of benzene rings is 2. The van der Waals surface area contributed by atoms with Crippen molar-refractivity contribution >= 4 is 11.2 Å². The van der Waals surface area contributed by atoms with E-state index in [9.17, 15) is 4.79 Å². The van der Waals surface area contributed by atoms with Crippen molar-refractivity contribution in [2.75, 3.05) is 0 Å². The van der Waals surface area contributed by atoms with E-state index in [0.717, 1.165) is 56.9 Å². The quantitative estimate of drug-likeness (QED) is 0.282. The molecule has 4 aromatic heterocycles. The van der Waals surface area contributed by atoms with Gasteiger partial charge in [-0.15, -0.1) is 0 Å². The molecule has 0 radical (unpaired) electrons. The van der Waals surface area contributed by atoms with Gasteiger partial charge in [0.05, 0.1) is 12.7 Å². The van der Waals surface area contributed by atoms with Gasteiger partial charge in [-0.25, -0.2) is 14.8 Å². The third-order valence-corrected chi connectivity index (χ3v) is 6.58. The topological polar surface area (TPSA) is 112 Å². The van der Waals surface area contributed by atoms with E-state index in [1.165, 1.54) is 0 Å². The van der Waals surface area contributed by atoms with Crippen LogP contribution in [0.1, 0.15) is 29.6 Å². The maximum absolute atomic E-state index is 11.7. The van der Waals surface area contributed by atoms with Gasteiger partial charge in [0.25, 0.3) is 0 Å². The van der Waals surface area contributed by atoms with Crippen LogP contribution in [-0.4, -0.2) is 29.7 Å². The first-order valence-corrected chi connectivity index (χ1v) is 12.7. The molecule has 0 atom stereocenters. The van der Waals surface area contributed by atoms with Crippen LogP contribution in [0.2, 0.25) is 0 Å². The molecule has 0 saturated carbocycles. The molecule has 1 N–H and O–H groups in total. The average Bonchev–Trinajstić information content (AvgIpc) is 3.53. The number of fused-ring (bicyclic) bond motifs is 1. The van der Waals surface area contributed by atoms with Crippen molar-refractivity contribution in [3.8, 4) is 34.0 Å². The average molecular weight is 519 g/mol. The third-order valence-electron chi connectivity index (χ3n) is 6.58. The Morgan fingerprint density at radius 3 is 2.54 bits per heavy atom. The van der Waals surface area contributed by atoms with Crippen LogP contribution in [0, 0.1) is 13.8 Å². The van der Waals surface area contributed by atoms with Gasteiger partial charge in [0.2, 0.25) is 0 Å². The predicted molar refractivity (Wildman–Crippen MR) is 148 cm³/mol. The number of imidazole rings is 1. The molecule has 0 fully saturated rings. The summed E-state index contributed by atoms with van der Waals surface area (Å²) in [6.45, 7) is 6.85. The molecule has 4 heterocycles. The molecular weight excluding hydrogens is 492 g/mol. The van der Waals surface area contributed by atoms with Crippen LogP contribution in [0.5, 0.6) is 11.5 Å². The van der Waals surface area contributed by atoms with Gasteiger partial charge in [-0.05, 0) is 72.5 Å². The number of nitrogens with one attached hydrogen (secondary N) is 1. The van der Waals surface area contributed by atoms with Crippen molar-refractivity contribution in [2.24, 2.45) is 0 Å². The monoisotopic (exact) mass is 518 g/mol. The van der Waals surface area contributed by atoms with Gasteiger partial charge in [0.15, 0.2) is 11.5 Å². The Kier molecular flexibility index (Phi) is 6.24. The number of aromatic nitrogens is 6. The summed E-state index contributed by atoms with van der Waals surface area (Å²) >= 11 is 0. The maximum Gasteiger partial charge on any atom is 0.439 e. The first-order chi connectivity index (χ1) is 19.0. The third kappa shape index (κ3) is 4.82. The summed E-state index contributed by atoms with van der Waals surface area (Å²) in [5.41, 5.74) is 7.58. The van der Waals surface area contributed by atoms with Gasteiger partial charge in [-0.3, -0.25) is 14.5 Å². The zero-order valence-electron chi connectivity index (χ0n) is 21.8. The Labute approximate surface area is 224 Å². The van der Waals surface area contributed by atoms with Crippen LogP contribution < -0.4 is 10.5 Å². The number of pyridine rings is 2. The highest BCUT2D eigenvalue weighted by atomic mass is 16.5. The molecule has 194 valence electrons. The van der Waals surface area contributed by atoms with Crippen molar-refractivity contribution in [3.63, 3.8) is 0 Å². The van der Waals surface area contributed by atoms with Crippen LogP contribution in [0.15, 0.2) is 82.4 Å². The minimum Gasteiger partial charge on any atom is -0.456 e. The summed E-state index contributed by atoms with van der Waals surface area (Å²) in [6.07, 6.45) is 4.16. The number of nitrogens with zero attached hydrogens (tertiary/aromatic N) is 5. The molecule has 0 aliphatic rings. The lowest BCUT2D eigenvalue weighted by atomic mass is 9.97. The van der Waals surface area contributed by atoms with Crippen LogP contribution in [0.4, 0.5) is 0 Å². The molecule has 0 saturated heterocycles. The highest BCUT2D eigenvalue weighted by Gasteiger charge is 2.16. The number of hydrogen-bond acceptors (Lipinski definition) is 7. The number of aryl methyl sites for hydroxylation is 3. The zero-order chi connectivity index (χ0) is 26.9. The summed E-state index contributed by atoms with van der Waals surface area (Å²) < 4.78 is 13.0. The smallest absolute Gasteiger partial charge is 0.439 e. The number of H-pyrrole nitrogens is 1. The van der Waals surface area contributed by atoms with Gasteiger partial charge in [0, 0.05) is 23.9 Å². The normalized spacial score (nSPS) is 11.3. The molecule has 0 aliphatic heterocycles. The van der Waals surface area contributed by atoms with E-state index in [-0.39, 0.29) is 0 Å². The van der Waals surface area contributed by atoms with E-state index in [4.69, 9.17) is 19.2 Å². The van der Waals surface area contributed by atoms with Crippen LogP contribution in [-0.2, 0) is 13.0 Å². The molecule has 2 aromatic carbocycles. The second kappa shape index (κ2) is 10.0. The summed E-state index contributed by atoms with van der Waals surface area (Å²) in [5.74, 6) is 2.00. The van der Waals surface area contributed by atoms with Crippen LogP contribution >= 0.6 is 0 Å². The Hall–Kier alpha value is -5.05. The van der Waals surface area contributed by atoms with Gasteiger partial charge < -0.3 is 9.30 Å². The zero-order valence-corrected chi connectivity index (χ0v) is 21.8. The second-order valence-corrected chi connectivity index (χ2v) is 9.36. The first-order valence-electron chi connectivity index (χ1n) is 12.7. The summed E-state index contributed by atoms with van der Waals surface area (Å²) in [7, 11) is 0. The van der Waals surface area contributed by atoms with E-state index in [2.05, 4.69) is 63.9 Å². The molecule has 9 heteroatoms. The molecule has 6 aromatic rings. The van der Waals surface area contributed by atoms with Gasteiger partial charge >= 0.3 is 5.76 Å². The van der Waals surface area contributed by atoms with E-state index < -0.39 is 5.76 Å². The highest BCUT2D eigenvalue weighted by molar-refractivity contribution is 5.82. The van der Waals surface area contributed by atoms with Gasteiger partial charge in [-0.2, -0.15) is 0 Å². The van der Waals surface area contributed by atoms with Gasteiger partial charge in [0.1, 0.15) is 22.8 Å². The Morgan fingerprint density at radius 2 is 1.82 bits per heavy atom. The lowest BCUT2D eigenvalue weighted by Crippen LogP contribution is -2.05. The lowest BCUT2D eigenvalue weighted by Gasteiger charge is -2.13. The SMILES string of the molecule is CCc1nc2c(C)cc(C)nc2n1Cc1ccc(-c2cc(Oc3cccnc3)ccc2-c2noc(=O)[nH]2)cc1. The van der Waals surface area contributed by atoms with E-state index in [0.29, 0.717) is 23.9 Å². The Morgan fingerprint density at radius 1 is 0.974 bits per heavy atom. The largest absolute Gasteiger partial charge is 0.456 e. The molecule has 6 rings (SSSR count). The molecule has 0 bridgehead atoms. The predicted octanol–water partition coefficient (Wildman–Crippen LogP) is 5.86. The standard InChI is InChI=1S/C30H26N6O3/c1-4-26-33-27-18(2)14-19(3)32-29(27)36(26)17-20-7-9-21(10-8-20)25-15-22(38-23-6-5-13-31-16-23)11-12-24(25)28-34-30(37)39-35-28/h5-16H,4,17H2,1-3H3,(H,34,35,37). The van der Waals surface area contributed by atoms with Crippen molar-refractivity contribution in [3.05, 3.63) is 106 Å². The van der Waals surface area contributed by atoms with Crippen LogP contribution in [0.3, 0.4) is 0 Å². The number of hydrogen-bond donors (Lipinski definition) is 1. The molecule has 0 amide bonds. The molecule has 0 aliphatic carbocycles. The summed E-state index contributed by atoms with van der Waals surface area (Å²) in [6, 6.07) is 19.6. The lowest BCUT2D eigenvalue weighted by molar-refractivity contribution is 0.388. The van der Waals surface area contributed by atoms with E-state index >= 15 is 0 Å². The highest BCUT2D eigenvalue weighted by Crippen LogP contribution is 2.35. The Balaban J connectivity index is 1.37. The minimum absolute atomic E-state index is 0.348. The molecule has 9 nitrogen and oxygen atoms in total. The minimum atomic E-state index is -0.611. The van der Waals surface area contributed by atoms with Crippen molar-refractivity contribution < 1.29 is 9.26 Å². The van der Waals surface area contributed by atoms with E-state index in [1.54, 1.807) is 12.4 Å². The molecule has 0 unspecified atom stereocenters. The van der Waals surface area contributed by atoms with Gasteiger partial charge in [-0.1, -0.05) is 36.3 Å². The summed E-state index contributed by atoms with van der Waals surface area (Å²) in [4.78, 5) is 28.1. The van der Waals surface area contributed by atoms with Crippen molar-refractivity contribution in [1.82, 2.24) is 29.7 Å². The number of rotatable bonds is 7. The van der Waals surface area contributed by atoms with E-state index in [1.807, 2.05) is 37.3 Å². The number of ether oxygens (including phenoxy) is 1.